The molecule has 8 unspecified atom stereocenters. The van der Waals surface area contributed by atoms with Crippen LogP contribution in [0.25, 0.3) is 0 Å². The van der Waals surface area contributed by atoms with Gasteiger partial charge in [-0.1, -0.05) is 0 Å². The quantitative estimate of drug-likeness (QED) is 0.632. The molecule has 0 aromatic rings. The minimum atomic E-state index is -0.205. The Morgan fingerprint density at radius 1 is 0.600 bits per heavy atom. The van der Waals surface area contributed by atoms with E-state index in [0.29, 0.717) is 5.92 Å². The van der Waals surface area contributed by atoms with Crippen LogP contribution in [0.15, 0.2) is 0 Å². The van der Waals surface area contributed by atoms with Gasteiger partial charge in [-0.25, -0.2) is 0 Å². The fourth-order valence-electron chi connectivity index (χ4n) is 5.51. The zero-order valence-electron chi connectivity index (χ0n) is 9.05. The minimum Gasteiger partial charge on any atom is -0.393 e. The summed E-state index contributed by atoms with van der Waals surface area (Å²) in [6.07, 6.45) is 5.60. The van der Waals surface area contributed by atoms with Gasteiger partial charge in [0.25, 0.3) is 0 Å². The van der Waals surface area contributed by atoms with Crippen molar-refractivity contribution in [2.45, 2.75) is 44.3 Å². The monoisotopic (exact) mass is 208 g/mol. The van der Waals surface area contributed by atoms with E-state index < -0.39 is 0 Å². The molecule has 0 aromatic heterocycles. The molecule has 5 bridgehead atoms. The van der Waals surface area contributed by atoms with Crippen molar-refractivity contribution in [1.29, 1.82) is 0 Å². The van der Waals surface area contributed by atoms with Crippen molar-refractivity contribution in [2.24, 2.45) is 35.5 Å². The van der Waals surface area contributed by atoms with Crippen molar-refractivity contribution < 1.29 is 10.2 Å². The maximum atomic E-state index is 10.3. The molecule has 0 amide bonds. The Kier molecular flexibility index (Phi) is 1.67. The Bertz CT molecular complexity index is 288. The Morgan fingerprint density at radius 3 is 1.93 bits per heavy atom. The summed E-state index contributed by atoms with van der Waals surface area (Å²) in [7, 11) is 0. The lowest BCUT2D eigenvalue weighted by Crippen LogP contribution is -2.45. The van der Waals surface area contributed by atoms with Crippen LogP contribution in [0.1, 0.15) is 32.1 Å². The van der Waals surface area contributed by atoms with Crippen LogP contribution in [0.3, 0.4) is 0 Å². The highest BCUT2D eigenvalue weighted by Gasteiger charge is 2.57. The molecule has 15 heavy (non-hydrogen) atoms. The molecule has 4 aliphatic carbocycles. The van der Waals surface area contributed by atoms with E-state index in [1.165, 1.54) is 19.3 Å². The van der Waals surface area contributed by atoms with Crippen LogP contribution in [0.2, 0.25) is 0 Å². The fraction of sp³-hybridized carbons (Fsp3) is 1.00. The van der Waals surface area contributed by atoms with Gasteiger partial charge >= 0.3 is 0 Å². The molecule has 0 heterocycles. The molecular formula is C13H20O2. The molecule has 0 aliphatic heterocycles. The molecule has 84 valence electrons. The van der Waals surface area contributed by atoms with Crippen LogP contribution in [0.4, 0.5) is 0 Å². The van der Waals surface area contributed by atoms with Crippen LogP contribution in [0.5, 0.6) is 0 Å². The highest BCUT2D eigenvalue weighted by molar-refractivity contribution is 5.07. The normalized spacial score (nSPS) is 66.0. The molecular weight excluding hydrogens is 188 g/mol. The van der Waals surface area contributed by atoms with Gasteiger partial charge in [0.1, 0.15) is 0 Å². The molecule has 0 aromatic carbocycles. The summed E-state index contributed by atoms with van der Waals surface area (Å²) in [5.41, 5.74) is 0. The fourth-order valence-corrected chi connectivity index (χ4v) is 5.51. The van der Waals surface area contributed by atoms with Crippen molar-refractivity contribution in [3.63, 3.8) is 0 Å². The number of rotatable bonds is 0. The van der Waals surface area contributed by atoms with E-state index in [1.54, 1.807) is 0 Å². The first-order valence-electron chi connectivity index (χ1n) is 6.60. The Labute approximate surface area is 90.7 Å². The number of hydrogen-bond donors (Lipinski definition) is 2. The Morgan fingerprint density at radius 2 is 1.20 bits per heavy atom. The summed E-state index contributed by atoms with van der Waals surface area (Å²) in [4.78, 5) is 0. The average Bonchev–Trinajstić information content (AvgIpc) is 2.44. The highest BCUT2D eigenvalue weighted by atomic mass is 16.3. The maximum absolute atomic E-state index is 10.3. The first kappa shape index (κ1) is 9.00. The summed E-state index contributed by atoms with van der Waals surface area (Å²) in [6.45, 7) is 0. The predicted octanol–water partition coefficient (Wildman–Crippen LogP) is 1.41. The molecule has 0 radical (unpaired) electrons. The smallest absolute Gasteiger partial charge is 0.0621 e. The number of aliphatic hydroxyl groups is 2. The van der Waals surface area contributed by atoms with E-state index in [-0.39, 0.29) is 18.1 Å². The molecule has 2 nitrogen and oxygen atoms in total. The zero-order valence-corrected chi connectivity index (χ0v) is 9.05. The molecule has 8 atom stereocenters. The van der Waals surface area contributed by atoms with Crippen LogP contribution < -0.4 is 0 Å². The first-order valence-corrected chi connectivity index (χ1v) is 6.60. The molecule has 2 heteroatoms. The summed E-state index contributed by atoms with van der Waals surface area (Å²) >= 11 is 0. The van der Waals surface area contributed by atoms with Gasteiger partial charge < -0.3 is 10.2 Å². The second-order valence-electron chi connectivity index (χ2n) is 6.51. The second kappa shape index (κ2) is 2.78. The van der Waals surface area contributed by atoms with Crippen molar-refractivity contribution in [3.05, 3.63) is 0 Å². The average molecular weight is 208 g/mol. The third-order valence-electron chi connectivity index (χ3n) is 6.05. The molecule has 4 rings (SSSR count). The van der Waals surface area contributed by atoms with Crippen LogP contribution in [0, 0.1) is 35.5 Å². The van der Waals surface area contributed by atoms with E-state index in [0.717, 1.165) is 36.5 Å². The predicted molar refractivity (Wildman–Crippen MR) is 56.0 cm³/mol. The van der Waals surface area contributed by atoms with Gasteiger partial charge in [0.2, 0.25) is 0 Å². The van der Waals surface area contributed by atoms with Crippen molar-refractivity contribution in [3.8, 4) is 0 Å². The number of aliphatic hydroxyl groups excluding tert-OH is 2. The van der Waals surface area contributed by atoms with Crippen molar-refractivity contribution >= 4 is 0 Å². The second-order valence-corrected chi connectivity index (χ2v) is 6.51. The number of fused-ring (bicyclic) bond motifs is 4. The minimum absolute atomic E-state index is 0.198. The Hall–Kier alpha value is -0.0800. The Balaban J connectivity index is 1.80. The summed E-state index contributed by atoms with van der Waals surface area (Å²) < 4.78 is 0. The van der Waals surface area contributed by atoms with Gasteiger partial charge in [0.15, 0.2) is 0 Å². The standard InChI is InChI=1S/C13H20O2/c14-12-5-10-7-1-6-2-8(3-7)13(15)11(12)4-9(6)10/h6-15H,1-5H2. The van der Waals surface area contributed by atoms with Crippen LogP contribution in [-0.4, -0.2) is 22.4 Å². The lowest BCUT2D eigenvalue weighted by molar-refractivity contribution is -0.0790. The van der Waals surface area contributed by atoms with Gasteiger partial charge in [-0.3, -0.25) is 0 Å². The molecule has 2 N–H and O–H groups in total. The highest BCUT2D eigenvalue weighted by Crippen LogP contribution is 2.61. The van der Waals surface area contributed by atoms with Gasteiger partial charge in [0.05, 0.1) is 12.2 Å². The summed E-state index contributed by atoms with van der Waals surface area (Å²) in [5, 5.41) is 20.4. The lowest BCUT2D eigenvalue weighted by Gasteiger charge is -2.43. The van der Waals surface area contributed by atoms with Gasteiger partial charge in [-0.05, 0) is 61.7 Å². The zero-order chi connectivity index (χ0) is 10.2. The molecule has 4 fully saturated rings. The lowest BCUT2D eigenvalue weighted by atomic mass is 9.65. The summed E-state index contributed by atoms with van der Waals surface area (Å²) in [6, 6.07) is 0. The SMILES string of the molecule is OC1CC2C3CC4CC(C3)C2CC1C4O. The first-order chi connectivity index (χ1) is 7.24. The van der Waals surface area contributed by atoms with Crippen LogP contribution in [-0.2, 0) is 0 Å². The van der Waals surface area contributed by atoms with E-state index in [1.807, 2.05) is 0 Å². The molecule has 4 saturated carbocycles. The third-order valence-corrected chi connectivity index (χ3v) is 6.05. The van der Waals surface area contributed by atoms with Crippen molar-refractivity contribution in [2.75, 3.05) is 0 Å². The van der Waals surface area contributed by atoms with Gasteiger partial charge in [-0.15, -0.1) is 0 Å². The van der Waals surface area contributed by atoms with Crippen LogP contribution >= 0.6 is 0 Å². The van der Waals surface area contributed by atoms with E-state index in [2.05, 4.69) is 0 Å². The molecule has 0 spiro atoms. The molecule has 0 saturated heterocycles. The van der Waals surface area contributed by atoms with Gasteiger partial charge in [0, 0.05) is 5.92 Å². The topological polar surface area (TPSA) is 40.5 Å². The maximum Gasteiger partial charge on any atom is 0.0621 e. The summed E-state index contributed by atoms with van der Waals surface area (Å²) in [5.74, 6) is 4.11. The number of hydrogen-bond acceptors (Lipinski definition) is 2. The van der Waals surface area contributed by atoms with E-state index >= 15 is 0 Å². The third kappa shape index (κ3) is 1.03. The van der Waals surface area contributed by atoms with E-state index in [9.17, 15) is 10.2 Å². The van der Waals surface area contributed by atoms with Crippen molar-refractivity contribution in [1.82, 2.24) is 0 Å². The van der Waals surface area contributed by atoms with E-state index in [4.69, 9.17) is 0 Å². The van der Waals surface area contributed by atoms with Gasteiger partial charge in [-0.2, -0.15) is 0 Å². The molecule has 4 aliphatic rings. The largest absolute Gasteiger partial charge is 0.393 e.